The van der Waals surface area contributed by atoms with Gasteiger partial charge in [-0.3, -0.25) is 0 Å². The molecule has 1 aromatic rings. The molecule has 1 aromatic heterocycles. The monoisotopic (exact) mass is 252 g/mol. The van der Waals surface area contributed by atoms with Crippen LogP contribution in [0.15, 0.2) is 10.8 Å². The summed E-state index contributed by atoms with van der Waals surface area (Å²) in [7, 11) is 0. The molecule has 2 rings (SSSR count). The fraction of sp³-hybridized carbons (Fsp3) is 0.714. The van der Waals surface area contributed by atoms with Crippen molar-refractivity contribution in [2.75, 3.05) is 19.6 Å². The molecule has 0 spiro atoms. The molecule has 2 nitrogen and oxygen atoms in total. The van der Waals surface area contributed by atoms with Crippen LogP contribution in [0.25, 0.3) is 0 Å². The summed E-state index contributed by atoms with van der Waals surface area (Å²) in [5, 5.41) is 8.24. The number of nitrogens with one attached hydrogen (secondary N) is 1. The summed E-state index contributed by atoms with van der Waals surface area (Å²) in [6.45, 7) is 9.27. The van der Waals surface area contributed by atoms with Gasteiger partial charge in [-0.25, -0.2) is 0 Å². The van der Waals surface area contributed by atoms with Gasteiger partial charge in [-0.15, -0.1) is 0 Å². The van der Waals surface area contributed by atoms with Crippen LogP contribution in [-0.2, 0) is 6.54 Å². The number of hydrogen-bond acceptors (Lipinski definition) is 3. The number of nitrogens with zero attached hydrogens (tertiary/aromatic N) is 1. The number of rotatable bonds is 4. The van der Waals surface area contributed by atoms with Gasteiger partial charge < -0.3 is 10.2 Å². The van der Waals surface area contributed by atoms with E-state index >= 15 is 0 Å². The summed E-state index contributed by atoms with van der Waals surface area (Å²) >= 11 is 1.81. The van der Waals surface area contributed by atoms with E-state index in [4.69, 9.17) is 0 Å². The van der Waals surface area contributed by atoms with Crippen LogP contribution in [0.2, 0.25) is 0 Å². The molecule has 1 atom stereocenters. The molecule has 1 aliphatic heterocycles. The molecule has 0 radical (unpaired) electrons. The van der Waals surface area contributed by atoms with Crippen LogP contribution in [0.1, 0.15) is 37.3 Å². The smallest absolute Gasteiger partial charge is 0.0218 e. The van der Waals surface area contributed by atoms with Crippen LogP contribution >= 0.6 is 11.3 Å². The van der Waals surface area contributed by atoms with Gasteiger partial charge in [0.15, 0.2) is 0 Å². The minimum Gasteiger partial charge on any atom is -0.310 e. The van der Waals surface area contributed by atoms with Crippen LogP contribution in [-0.4, -0.2) is 30.6 Å². The van der Waals surface area contributed by atoms with Gasteiger partial charge in [-0.1, -0.05) is 6.92 Å². The Hall–Kier alpha value is -0.380. The van der Waals surface area contributed by atoms with Gasteiger partial charge in [0.25, 0.3) is 0 Å². The molecule has 0 aromatic carbocycles. The fourth-order valence-corrected chi connectivity index (χ4v) is 3.36. The lowest BCUT2D eigenvalue weighted by Crippen LogP contribution is -2.30. The van der Waals surface area contributed by atoms with Gasteiger partial charge in [0.05, 0.1) is 0 Å². The van der Waals surface area contributed by atoms with Crippen LogP contribution in [0, 0.1) is 6.92 Å². The number of likely N-dealkylation sites (tertiary alicyclic amines) is 1. The highest BCUT2D eigenvalue weighted by Gasteiger charge is 2.15. The summed E-state index contributed by atoms with van der Waals surface area (Å²) in [5.74, 6) is 0. The van der Waals surface area contributed by atoms with Gasteiger partial charge >= 0.3 is 0 Å². The predicted octanol–water partition coefficient (Wildman–Crippen LogP) is 3.02. The molecule has 1 aliphatic rings. The van der Waals surface area contributed by atoms with E-state index < -0.39 is 0 Å². The molecule has 3 heteroatoms. The lowest BCUT2D eigenvalue weighted by molar-refractivity contribution is 0.297. The second-order valence-electron chi connectivity index (χ2n) is 5.02. The van der Waals surface area contributed by atoms with E-state index in [1.807, 2.05) is 11.3 Å². The summed E-state index contributed by atoms with van der Waals surface area (Å²) in [6, 6.07) is 0.714. The third-order valence-corrected chi connectivity index (χ3v) is 4.72. The van der Waals surface area contributed by atoms with Crippen molar-refractivity contribution in [3.63, 3.8) is 0 Å². The summed E-state index contributed by atoms with van der Waals surface area (Å²) < 4.78 is 0. The van der Waals surface area contributed by atoms with E-state index in [1.54, 1.807) is 0 Å². The lowest BCUT2D eigenvalue weighted by Gasteiger charge is -2.18. The normalized spacial score (nSPS) is 22.6. The molecule has 0 amide bonds. The molecule has 1 unspecified atom stereocenters. The van der Waals surface area contributed by atoms with Crippen molar-refractivity contribution in [1.82, 2.24) is 10.2 Å². The van der Waals surface area contributed by atoms with E-state index in [9.17, 15) is 0 Å². The van der Waals surface area contributed by atoms with E-state index in [0.29, 0.717) is 6.04 Å². The minimum atomic E-state index is 0.714. The molecular formula is C14H24N2S. The van der Waals surface area contributed by atoms with Crippen LogP contribution in [0.5, 0.6) is 0 Å². The average Bonchev–Trinajstić information content (AvgIpc) is 2.63. The van der Waals surface area contributed by atoms with E-state index in [1.165, 1.54) is 50.0 Å². The van der Waals surface area contributed by atoms with Crippen molar-refractivity contribution in [3.8, 4) is 0 Å². The zero-order valence-electron chi connectivity index (χ0n) is 11.0. The van der Waals surface area contributed by atoms with Gasteiger partial charge in [0.1, 0.15) is 0 Å². The van der Waals surface area contributed by atoms with Crippen LogP contribution in [0.4, 0.5) is 0 Å². The number of hydrogen-bond donors (Lipinski definition) is 1. The summed E-state index contributed by atoms with van der Waals surface area (Å²) in [4.78, 5) is 2.57. The molecule has 0 saturated carbocycles. The van der Waals surface area contributed by atoms with E-state index in [2.05, 4.69) is 34.8 Å². The third kappa shape index (κ3) is 3.80. The molecule has 2 heterocycles. The number of thiophene rings is 1. The standard InChI is InChI=1S/C14H24N2S/c1-3-16-7-4-5-14(6-8-16)15-9-13-11-17-10-12(13)2/h10-11,14-15H,3-9H2,1-2H3. The molecule has 1 saturated heterocycles. The first-order chi connectivity index (χ1) is 8.29. The molecule has 0 bridgehead atoms. The largest absolute Gasteiger partial charge is 0.310 e. The molecule has 0 aliphatic carbocycles. The molecule has 1 N–H and O–H groups in total. The highest BCUT2D eigenvalue weighted by Crippen LogP contribution is 2.15. The quantitative estimate of drug-likeness (QED) is 0.886. The van der Waals surface area contributed by atoms with E-state index in [-0.39, 0.29) is 0 Å². The Balaban J connectivity index is 1.78. The Morgan fingerprint density at radius 3 is 2.94 bits per heavy atom. The SMILES string of the molecule is CCN1CCCC(NCc2cscc2C)CC1. The van der Waals surface area contributed by atoms with Gasteiger partial charge in [0, 0.05) is 12.6 Å². The van der Waals surface area contributed by atoms with E-state index in [0.717, 1.165) is 6.54 Å². The molecule has 1 fully saturated rings. The first-order valence-corrected chi connectivity index (χ1v) is 7.71. The maximum Gasteiger partial charge on any atom is 0.0218 e. The molecule has 96 valence electrons. The first kappa shape index (κ1) is 13.1. The van der Waals surface area contributed by atoms with Crippen LogP contribution in [0.3, 0.4) is 0 Å². The fourth-order valence-electron chi connectivity index (χ4n) is 2.50. The minimum absolute atomic E-state index is 0.714. The van der Waals surface area contributed by atoms with Crippen molar-refractivity contribution in [1.29, 1.82) is 0 Å². The maximum absolute atomic E-state index is 3.73. The summed E-state index contributed by atoms with van der Waals surface area (Å²) in [6.07, 6.45) is 3.98. The van der Waals surface area contributed by atoms with Crippen molar-refractivity contribution in [2.45, 2.75) is 45.7 Å². The highest BCUT2D eigenvalue weighted by atomic mass is 32.1. The summed E-state index contributed by atoms with van der Waals surface area (Å²) in [5.41, 5.74) is 2.91. The Labute approximate surface area is 109 Å². The average molecular weight is 252 g/mol. The molecular weight excluding hydrogens is 228 g/mol. The Bertz CT molecular complexity index is 335. The Morgan fingerprint density at radius 2 is 2.24 bits per heavy atom. The van der Waals surface area contributed by atoms with Crippen molar-refractivity contribution < 1.29 is 0 Å². The first-order valence-electron chi connectivity index (χ1n) is 6.77. The predicted molar refractivity (Wildman–Crippen MR) is 75.6 cm³/mol. The topological polar surface area (TPSA) is 15.3 Å². The second-order valence-corrected chi connectivity index (χ2v) is 5.77. The Kier molecular flexibility index (Phi) is 5.01. The molecule has 17 heavy (non-hydrogen) atoms. The van der Waals surface area contributed by atoms with Crippen molar-refractivity contribution in [2.24, 2.45) is 0 Å². The van der Waals surface area contributed by atoms with Crippen molar-refractivity contribution >= 4 is 11.3 Å². The second kappa shape index (κ2) is 6.53. The zero-order valence-corrected chi connectivity index (χ0v) is 11.9. The van der Waals surface area contributed by atoms with Gasteiger partial charge in [-0.05, 0) is 67.7 Å². The number of aryl methyl sites for hydroxylation is 1. The van der Waals surface area contributed by atoms with Crippen LogP contribution < -0.4 is 5.32 Å². The van der Waals surface area contributed by atoms with Gasteiger partial charge in [-0.2, -0.15) is 11.3 Å². The Morgan fingerprint density at radius 1 is 1.35 bits per heavy atom. The zero-order chi connectivity index (χ0) is 12.1. The highest BCUT2D eigenvalue weighted by molar-refractivity contribution is 7.08. The third-order valence-electron chi connectivity index (χ3n) is 3.81. The maximum atomic E-state index is 3.73. The lowest BCUT2D eigenvalue weighted by atomic mass is 10.1. The van der Waals surface area contributed by atoms with Crippen molar-refractivity contribution in [3.05, 3.63) is 21.9 Å². The van der Waals surface area contributed by atoms with Gasteiger partial charge in [0.2, 0.25) is 0 Å².